The number of rotatable bonds is 1. The van der Waals surface area contributed by atoms with Crippen molar-refractivity contribution in [3.8, 4) is 11.4 Å². The van der Waals surface area contributed by atoms with Gasteiger partial charge in [-0.1, -0.05) is 45.2 Å². The normalized spacial score (nSPS) is 11.2. The number of aryl methyl sites for hydroxylation is 1. The van der Waals surface area contributed by atoms with Crippen molar-refractivity contribution in [3.63, 3.8) is 0 Å². The molecule has 0 aliphatic rings. The first-order valence-corrected chi connectivity index (χ1v) is 7.08. The molecule has 0 radical (unpaired) electrons. The molecule has 6 heteroatoms. The number of imidazole rings is 1. The van der Waals surface area contributed by atoms with E-state index in [-0.39, 0.29) is 5.15 Å². The van der Waals surface area contributed by atoms with Gasteiger partial charge in [0.05, 0.1) is 10.5 Å². The topological polar surface area (TPSA) is 41.6 Å². The number of pyridine rings is 1. The second-order valence-electron chi connectivity index (χ2n) is 4.20. The lowest BCUT2D eigenvalue weighted by Crippen LogP contribution is -1.83. The molecule has 3 rings (SSSR count). The Morgan fingerprint density at radius 1 is 1.16 bits per heavy atom. The molecule has 0 unspecified atom stereocenters. The van der Waals surface area contributed by atoms with E-state index >= 15 is 0 Å². The minimum absolute atomic E-state index is 0.259. The zero-order valence-corrected chi connectivity index (χ0v) is 12.9. The summed E-state index contributed by atoms with van der Waals surface area (Å²) in [5, 5.41) is 0.669. The molecular formula is C13H8BrCl2N3. The lowest BCUT2D eigenvalue weighted by atomic mass is 10.1. The molecular weight excluding hydrogens is 349 g/mol. The number of hydrogen-bond acceptors (Lipinski definition) is 2. The van der Waals surface area contributed by atoms with Crippen LogP contribution in [0.2, 0.25) is 10.2 Å². The second-order valence-corrected chi connectivity index (χ2v) is 5.82. The number of nitrogens with one attached hydrogen (secondary N) is 1. The fourth-order valence-corrected chi connectivity index (χ4v) is 2.80. The van der Waals surface area contributed by atoms with Crippen LogP contribution in [-0.4, -0.2) is 15.0 Å². The molecule has 2 aromatic heterocycles. The number of aromatic nitrogens is 3. The maximum absolute atomic E-state index is 5.94. The molecule has 0 saturated heterocycles. The van der Waals surface area contributed by atoms with Crippen LogP contribution in [-0.2, 0) is 0 Å². The van der Waals surface area contributed by atoms with Crippen LogP contribution in [0, 0.1) is 6.92 Å². The summed E-state index contributed by atoms with van der Waals surface area (Å²) in [7, 11) is 0. The van der Waals surface area contributed by atoms with Crippen molar-refractivity contribution in [2.24, 2.45) is 0 Å². The van der Waals surface area contributed by atoms with E-state index in [1.165, 1.54) is 5.56 Å². The third-order valence-corrected chi connectivity index (χ3v) is 4.09. The van der Waals surface area contributed by atoms with Crippen LogP contribution in [0.4, 0.5) is 0 Å². The molecule has 1 aromatic carbocycles. The van der Waals surface area contributed by atoms with Gasteiger partial charge in [-0.15, -0.1) is 0 Å². The van der Waals surface area contributed by atoms with Crippen LogP contribution in [0.1, 0.15) is 5.56 Å². The lowest BCUT2D eigenvalue weighted by molar-refractivity contribution is 1.29. The van der Waals surface area contributed by atoms with Crippen LogP contribution in [0.5, 0.6) is 0 Å². The number of H-pyrrole nitrogens is 1. The van der Waals surface area contributed by atoms with Crippen molar-refractivity contribution in [1.82, 2.24) is 15.0 Å². The maximum Gasteiger partial charge on any atom is 0.179 e. The average Bonchev–Trinajstić information content (AvgIpc) is 2.72. The lowest BCUT2D eigenvalue weighted by Gasteiger charge is -2.01. The number of nitrogens with zero attached hydrogens (tertiary/aromatic N) is 2. The molecule has 3 aromatic rings. The van der Waals surface area contributed by atoms with Gasteiger partial charge in [0.1, 0.15) is 11.0 Å². The monoisotopic (exact) mass is 355 g/mol. The van der Waals surface area contributed by atoms with E-state index in [2.05, 4.69) is 30.9 Å². The molecule has 0 atom stereocenters. The number of fused-ring (bicyclic) bond motifs is 1. The van der Waals surface area contributed by atoms with Gasteiger partial charge < -0.3 is 4.98 Å². The highest BCUT2D eigenvalue weighted by Gasteiger charge is 2.11. The largest absolute Gasteiger partial charge is 0.336 e. The van der Waals surface area contributed by atoms with E-state index in [1.54, 1.807) is 6.07 Å². The van der Waals surface area contributed by atoms with Gasteiger partial charge >= 0.3 is 0 Å². The molecule has 0 amide bonds. The van der Waals surface area contributed by atoms with E-state index in [9.17, 15) is 0 Å². The van der Waals surface area contributed by atoms with E-state index in [1.807, 2.05) is 25.1 Å². The number of benzene rings is 1. The Morgan fingerprint density at radius 2 is 1.95 bits per heavy atom. The Morgan fingerprint density at radius 3 is 2.68 bits per heavy atom. The third-order valence-electron chi connectivity index (χ3n) is 2.76. The zero-order valence-electron chi connectivity index (χ0n) is 9.84. The number of hydrogen-bond donors (Lipinski definition) is 1. The molecule has 1 N–H and O–H groups in total. The predicted molar refractivity (Wildman–Crippen MR) is 81.8 cm³/mol. The standard InChI is InChI=1S/C13H8BrCl2N3/c1-6-2-3-7(8(14)4-6)12-17-10-5-9(15)11(16)18-13(10)19-12/h2-5H,1H3,(H,17,18,19). The van der Waals surface area contributed by atoms with Crippen LogP contribution < -0.4 is 0 Å². The van der Waals surface area contributed by atoms with Crippen LogP contribution >= 0.6 is 39.1 Å². The molecule has 96 valence electrons. The van der Waals surface area contributed by atoms with Gasteiger partial charge in [0.25, 0.3) is 0 Å². The zero-order chi connectivity index (χ0) is 13.6. The fraction of sp³-hybridized carbons (Fsp3) is 0.0769. The average molecular weight is 357 g/mol. The number of aromatic amines is 1. The van der Waals surface area contributed by atoms with E-state index in [0.29, 0.717) is 10.7 Å². The van der Waals surface area contributed by atoms with Crippen molar-refractivity contribution in [2.45, 2.75) is 6.92 Å². The highest BCUT2D eigenvalue weighted by molar-refractivity contribution is 9.10. The van der Waals surface area contributed by atoms with Gasteiger partial charge in [-0.25, -0.2) is 9.97 Å². The summed E-state index contributed by atoms with van der Waals surface area (Å²) >= 11 is 15.4. The summed E-state index contributed by atoms with van der Waals surface area (Å²) < 4.78 is 0.976. The fourth-order valence-electron chi connectivity index (χ4n) is 1.84. The summed E-state index contributed by atoms with van der Waals surface area (Å²) in [6.07, 6.45) is 0. The SMILES string of the molecule is Cc1ccc(-c2nc3nc(Cl)c(Cl)cc3[nH]2)c(Br)c1. The molecule has 0 bridgehead atoms. The summed E-state index contributed by atoms with van der Waals surface area (Å²) in [6.45, 7) is 2.04. The molecule has 2 heterocycles. The molecule has 0 fully saturated rings. The van der Waals surface area contributed by atoms with Crippen LogP contribution in [0.3, 0.4) is 0 Å². The predicted octanol–water partition coefficient (Wildman–Crippen LogP) is 5.00. The first-order chi connectivity index (χ1) is 9.04. The maximum atomic E-state index is 5.94. The molecule has 0 spiro atoms. The Balaban J connectivity index is 2.20. The van der Waals surface area contributed by atoms with Crippen molar-refractivity contribution in [3.05, 3.63) is 44.5 Å². The van der Waals surface area contributed by atoms with Gasteiger partial charge in [0.2, 0.25) is 0 Å². The van der Waals surface area contributed by atoms with Gasteiger partial charge in [0, 0.05) is 10.0 Å². The van der Waals surface area contributed by atoms with Crippen LogP contribution in [0.25, 0.3) is 22.6 Å². The van der Waals surface area contributed by atoms with E-state index in [4.69, 9.17) is 23.2 Å². The Hall–Kier alpha value is -1.10. The summed E-state index contributed by atoms with van der Waals surface area (Å²) in [5.41, 5.74) is 3.46. The van der Waals surface area contributed by atoms with Crippen molar-refractivity contribution in [1.29, 1.82) is 0 Å². The summed E-state index contributed by atoms with van der Waals surface area (Å²) in [4.78, 5) is 11.8. The Kier molecular flexibility index (Phi) is 3.25. The van der Waals surface area contributed by atoms with Crippen molar-refractivity contribution < 1.29 is 0 Å². The van der Waals surface area contributed by atoms with Gasteiger partial charge in [-0.3, -0.25) is 0 Å². The minimum Gasteiger partial charge on any atom is -0.336 e. The molecule has 3 nitrogen and oxygen atoms in total. The molecule has 0 saturated carbocycles. The highest BCUT2D eigenvalue weighted by atomic mass is 79.9. The Labute approximate surface area is 128 Å². The van der Waals surface area contributed by atoms with Gasteiger partial charge in [-0.05, 0) is 30.7 Å². The third kappa shape index (κ3) is 2.36. The smallest absolute Gasteiger partial charge is 0.179 e. The van der Waals surface area contributed by atoms with Crippen molar-refractivity contribution in [2.75, 3.05) is 0 Å². The minimum atomic E-state index is 0.259. The summed E-state index contributed by atoms with van der Waals surface area (Å²) in [6, 6.07) is 7.79. The molecule has 19 heavy (non-hydrogen) atoms. The molecule has 0 aliphatic carbocycles. The first-order valence-electron chi connectivity index (χ1n) is 5.53. The van der Waals surface area contributed by atoms with E-state index < -0.39 is 0 Å². The van der Waals surface area contributed by atoms with Crippen molar-refractivity contribution >= 4 is 50.3 Å². The summed E-state index contributed by atoms with van der Waals surface area (Å²) in [5.74, 6) is 0.729. The first kappa shape index (κ1) is 12.9. The van der Waals surface area contributed by atoms with Gasteiger partial charge in [-0.2, -0.15) is 0 Å². The molecule has 0 aliphatic heterocycles. The second kappa shape index (κ2) is 4.78. The van der Waals surface area contributed by atoms with Crippen LogP contribution in [0.15, 0.2) is 28.7 Å². The van der Waals surface area contributed by atoms with Gasteiger partial charge in [0.15, 0.2) is 5.65 Å². The van der Waals surface area contributed by atoms with E-state index in [0.717, 1.165) is 21.4 Å². The quantitative estimate of drug-likeness (QED) is 0.623. The highest BCUT2D eigenvalue weighted by Crippen LogP contribution is 2.30. The Bertz CT molecular complexity index is 744. The number of halogens is 3.